The van der Waals surface area contributed by atoms with Crippen molar-refractivity contribution in [3.63, 3.8) is 0 Å². The van der Waals surface area contributed by atoms with Gasteiger partial charge in [-0.25, -0.2) is 4.39 Å². The molecule has 2 bridgehead atoms. The van der Waals surface area contributed by atoms with Gasteiger partial charge >= 0.3 is 0 Å². The van der Waals surface area contributed by atoms with Gasteiger partial charge in [-0.2, -0.15) is 5.26 Å². The molecular formula is C15H15FN2O. The van der Waals surface area contributed by atoms with E-state index in [0.717, 1.165) is 19.3 Å². The van der Waals surface area contributed by atoms with E-state index in [-0.39, 0.29) is 17.6 Å². The molecule has 4 heteroatoms. The van der Waals surface area contributed by atoms with Crippen molar-refractivity contribution in [1.29, 1.82) is 5.26 Å². The first kappa shape index (κ1) is 12.2. The Hall–Kier alpha value is -1.89. The standard InChI is InChI=1S/C15H15FN2O/c16-14-5-2-6-15(13(14)9-17)18-10-3-1-4-11(18)8-12(19)7-10/h2,5-6,10-11H,1,3-4,7-8H2. The van der Waals surface area contributed by atoms with E-state index in [1.807, 2.05) is 6.07 Å². The van der Waals surface area contributed by atoms with Gasteiger partial charge in [0.1, 0.15) is 23.2 Å². The van der Waals surface area contributed by atoms with Crippen LogP contribution in [0.5, 0.6) is 0 Å². The summed E-state index contributed by atoms with van der Waals surface area (Å²) in [5.74, 6) is -0.184. The molecule has 0 N–H and O–H groups in total. The lowest BCUT2D eigenvalue weighted by atomic mass is 9.83. The minimum absolute atomic E-state index is 0.105. The van der Waals surface area contributed by atoms with Gasteiger partial charge in [0.15, 0.2) is 0 Å². The summed E-state index contributed by atoms with van der Waals surface area (Å²) in [4.78, 5) is 13.8. The van der Waals surface area contributed by atoms with Gasteiger partial charge in [-0.3, -0.25) is 4.79 Å². The lowest BCUT2D eigenvalue weighted by Gasteiger charge is -2.47. The Kier molecular flexibility index (Phi) is 2.98. The average molecular weight is 258 g/mol. The zero-order valence-corrected chi connectivity index (χ0v) is 10.6. The van der Waals surface area contributed by atoms with Gasteiger partial charge in [0.05, 0.1) is 5.69 Å². The van der Waals surface area contributed by atoms with E-state index in [1.54, 1.807) is 12.1 Å². The van der Waals surface area contributed by atoms with Gasteiger partial charge in [0.2, 0.25) is 0 Å². The van der Waals surface area contributed by atoms with Crippen LogP contribution in [0.15, 0.2) is 18.2 Å². The molecule has 1 aromatic carbocycles. The SMILES string of the molecule is N#Cc1c(F)cccc1N1C2CCCC1CC(=O)C2. The number of hydrogen-bond donors (Lipinski definition) is 0. The number of hydrogen-bond acceptors (Lipinski definition) is 3. The van der Waals surface area contributed by atoms with Gasteiger partial charge in [0.25, 0.3) is 0 Å². The van der Waals surface area contributed by atoms with E-state index in [2.05, 4.69) is 4.90 Å². The summed E-state index contributed by atoms with van der Waals surface area (Å²) in [6.45, 7) is 0. The summed E-state index contributed by atoms with van der Waals surface area (Å²) in [6, 6.07) is 6.97. The van der Waals surface area contributed by atoms with Crippen LogP contribution in [-0.4, -0.2) is 17.9 Å². The summed E-state index contributed by atoms with van der Waals surface area (Å²) >= 11 is 0. The monoisotopic (exact) mass is 258 g/mol. The molecule has 3 nitrogen and oxygen atoms in total. The lowest BCUT2D eigenvalue weighted by Crippen LogP contribution is -2.52. The van der Waals surface area contributed by atoms with E-state index < -0.39 is 5.82 Å². The van der Waals surface area contributed by atoms with Crippen LogP contribution in [-0.2, 0) is 4.79 Å². The molecule has 0 aliphatic carbocycles. The number of carbonyl (C=O) groups is 1. The topological polar surface area (TPSA) is 44.1 Å². The van der Waals surface area contributed by atoms with Gasteiger partial charge in [-0.05, 0) is 31.4 Å². The fourth-order valence-corrected chi connectivity index (χ4v) is 3.41. The van der Waals surface area contributed by atoms with Crippen LogP contribution in [0.2, 0.25) is 0 Å². The summed E-state index contributed by atoms with van der Waals surface area (Å²) in [6.07, 6.45) is 4.05. The zero-order valence-electron chi connectivity index (χ0n) is 10.6. The summed E-state index contributed by atoms with van der Waals surface area (Å²) < 4.78 is 13.7. The first-order valence-electron chi connectivity index (χ1n) is 6.69. The number of Topliss-reactive ketones (excluding diaryl/α,β-unsaturated/α-hetero) is 1. The molecule has 19 heavy (non-hydrogen) atoms. The van der Waals surface area contributed by atoms with Gasteiger partial charge in [-0.15, -0.1) is 0 Å². The number of piperidine rings is 2. The fraction of sp³-hybridized carbons (Fsp3) is 0.467. The van der Waals surface area contributed by atoms with Crippen molar-refractivity contribution >= 4 is 11.5 Å². The molecule has 2 atom stereocenters. The first-order chi connectivity index (χ1) is 9.20. The Morgan fingerprint density at radius 2 is 1.95 bits per heavy atom. The number of anilines is 1. The van der Waals surface area contributed by atoms with Gasteiger partial charge < -0.3 is 4.90 Å². The number of halogens is 1. The molecule has 0 saturated carbocycles. The number of benzene rings is 1. The smallest absolute Gasteiger partial charge is 0.143 e. The molecular weight excluding hydrogens is 243 g/mol. The van der Waals surface area contributed by atoms with Crippen LogP contribution in [0.4, 0.5) is 10.1 Å². The van der Waals surface area contributed by atoms with Crippen molar-refractivity contribution in [2.45, 2.75) is 44.2 Å². The number of ketones is 1. The Balaban J connectivity index is 2.05. The molecule has 2 aliphatic rings. The molecule has 3 rings (SSSR count). The van der Waals surface area contributed by atoms with E-state index >= 15 is 0 Å². The van der Waals surface area contributed by atoms with Crippen LogP contribution in [0.3, 0.4) is 0 Å². The largest absolute Gasteiger partial charge is 0.364 e. The highest BCUT2D eigenvalue weighted by Crippen LogP contribution is 2.38. The van der Waals surface area contributed by atoms with Crippen molar-refractivity contribution in [3.05, 3.63) is 29.6 Å². The average Bonchev–Trinajstić information content (AvgIpc) is 2.37. The summed E-state index contributed by atoms with van der Waals surface area (Å²) in [7, 11) is 0. The van der Waals surface area contributed by atoms with Crippen molar-refractivity contribution in [2.24, 2.45) is 0 Å². The van der Waals surface area contributed by atoms with Crippen LogP contribution in [0.1, 0.15) is 37.7 Å². The third-order valence-electron chi connectivity index (χ3n) is 4.17. The molecule has 1 aromatic rings. The number of nitrogens with zero attached hydrogens (tertiary/aromatic N) is 2. The maximum Gasteiger partial charge on any atom is 0.143 e. The van der Waals surface area contributed by atoms with E-state index in [0.29, 0.717) is 24.3 Å². The second kappa shape index (κ2) is 4.65. The molecule has 2 heterocycles. The molecule has 2 saturated heterocycles. The Morgan fingerprint density at radius 1 is 1.26 bits per heavy atom. The molecule has 2 unspecified atom stereocenters. The van der Waals surface area contributed by atoms with E-state index in [1.165, 1.54) is 6.07 Å². The normalized spacial score (nSPS) is 26.1. The highest BCUT2D eigenvalue weighted by atomic mass is 19.1. The molecule has 2 fully saturated rings. The molecule has 98 valence electrons. The molecule has 0 radical (unpaired) electrons. The van der Waals surface area contributed by atoms with Crippen molar-refractivity contribution in [2.75, 3.05) is 4.90 Å². The number of rotatable bonds is 1. The highest BCUT2D eigenvalue weighted by molar-refractivity contribution is 5.83. The zero-order chi connectivity index (χ0) is 13.4. The van der Waals surface area contributed by atoms with Crippen LogP contribution >= 0.6 is 0 Å². The fourth-order valence-electron chi connectivity index (χ4n) is 3.41. The Morgan fingerprint density at radius 3 is 2.58 bits per heavy atom. The minimum Gasteiger partial charge on any atom is -0.364 e. The van der Waals surface area contributed by atoms with E-state index in [4.69, 9.17) is 5.26 Å². The second-order valence-electron chi connectivity index (χ2n) is 5.34. The molecule has 0 amide bonds. The minimum atomic E-state index is -0.477. The quantitative estimate of drug-likeness (QED) is 0.778. The maximum atomic E-state index is 13.7. The third kappa shape index (κ3) is 1.99. The van der Waals surface area contributed by atoms with Crippen LogP contribution in [0.25, 0.3) is 0 Å². The number of fused-ring (bicyclic) bond motifs is 2. The van der Waals surface area contributed by atoms with Crippen molar-refractivity contribution in [1.82, 2.24) is 0 Å². The van der Waals surface area contributed by atoms with Gasteiger partial charge in [0, 0.05) is 24.9 Å². The summed E-state index contributed by atoms with van der Waals surface area (Å²) in [5, 5.41) is 9.16. The molecule has 0 aromatic heterocycles. The van der Waals surface area contributed by atoms with Gasteiger partial charge in [-0.1, -0.05) is 6.07 Å². The Bertz CT molecular complexity index is 548. The van der Waals surface area contributed by atoms with E-state index in [9.17, 15) is 9.18 Å². The predicted molar refractivity (Wildman–Crippen MR) is 69.3 cm³/mol. The Labute approximate surface area is 111 Å². The van der Waals surface area contributed by atoms with Crippen molar-refractivity contribution < 1.29 is 9.18 Å². The predicted octanol–water partition coefficient (Wildman–Crippen LogP) is 2.79. The van der Waals surface area contributed by atoms with Crippen LogP contribution < -0.4 is 4.90 Å². The number of nitriles is 1. The molecule has 2 aliphatic heterocycles. The third-order valence-corrected chi connectivity index (χ3v) is 4.17. The van der Waals surface area contributed by atoms with Crippen molar-refractivity contribution in [3.8, 4) is 6.07 Å². The molecule has 0 spiro atoms. The lowest BCUT2D eigenvalue weighted by molar-refractivity contribution is -0.121. The second-order valence-corrected chi connectivity index (χ2v) is 5.34. The number of carbonyl (C=O) groups excluding carboxylic acids is 1. The summed E-state index contributed by atoms with van der Waals surface area (Å²) in [5.41, 5.74) is 0.762. The van der Waals surface area contributed by atoms with Crippen LogP contribution in [0, 0.1) is 17.1 Å². The first-order valence-corrected chi connectivity index (χ1v) is 6.69. The highest BCUT2D eigenvalue weighted by Gasteiger charge is 2.38. The maximum absolute atomic E-state index is 13.7.